The number of hydrogen-bond acceptors (Lipinski definition) is 10. The maximum atomic E-state index is 12.8. The number of aromatic nitrogens is 1. The van der Waals surface area contributed by atoms with Crippen LogP contribution in [0.2, 0.25) is 0 Å². The lowest BCUT2D eigenvalue weighted by Crippen LogP contribution is -2.68. The van der Waals surface area contributed by atoms with Crippen LogP contribution in [0.1, 0.15) is 119 Å². The fourth-order valence-electron chi connectivity index (χ4n) is 15.2. The van der Waals surface area contributed by atoms with Crippen LogP contribution in [0.25, 0.3) is 0 Å². The van der Waals surface area contributed by atoms with Crippen LogP contribution in [0.3, 0.4) is 0 Å². The molecule has 1 unspecified atom stereocenters. The molecule has 1 aromatic rings. The zero-order valence-electron chi connectivity index (χ0n) is 36.4. The second kappa shape index (κ2) is 15.4. The molecule has 0 amide bonds. The lowest BCUT2D eigenvalue weighted by molar-refractivity contribution is -0.221. The molecule has 4 saturated carbocycles. The van der Waals surface area contributed by atoms with Gasteiger partial charge < -0.3 is 24.8 Å². The highest BCUT2D eigenvalue weighted by molar-refractivity contribution is 7.91. The first-order chi connectivity index (χ1) is 27.8. The predicted octanol–water partition coefficient (Wildman–Crippen LogP) is 8.50. The number of nitrogens with zero attached hydrogens (tertiary/aromatic N) is 2. The topological polar surface area (TPSA) is 135 Å². The molecule has 326 valence electrons. The zero-order valence-corrected chi connectivity index (χ0v) is 38.1. The van der Waals surface area contributed by atoms with Crippen molar-refractivity contribution in [2.45, 2.75) is 124 Å². The third-order valence-electron chi connectivity index (χ3n) is 18.5. The van der Waals surface area contributed by atoms with Gasteiger partial charge >= 0.3 is 5.97 Å². The van der Waals surface area contributed by atoms with E-state index in [4.69, 9.17) is 9.47 Å². The van der Waals surface area contributed by atoms with Gasteiger partial charge in [0.15, 0.2) is 9.84 Å². The van der Waals surface area contributed by atoms with Crippen LogP contribution in [0, 0.1) is 56.7 Å². The minimum atomic E-state index is -2.88. The molecule has 5 fully saturated rings. The van der Waals surface area contributed by atoms with E-state index in [0.717, 1.165) is 19.5 Å². The van der Waals surface area contributed by atoms with E-state index in [0.29, 0.717) is 73.6 Å². The van der Waals surface area contributed by atoms with Gasteiger partial charge in [0.1, 0.15) is 12.0 Å². The quantitative estimate of drug-likeness (QED) is 0.156. The third kappa shape index (κ3) is 7.10. The number of carboxylic acid groups (broad SMARTS) is 1. The largest absolute Gasteiger partial charge is 0.481 e. The minimum Gasteiger partial charge on any atom is -0.481 e. The van der Waals surface area contributed by atoms with E-state index in [2.05, 4.69) is 75.5 Å². The molecule has 0 bridgehead atoms. The highest BCUT2D eigenvalue weighted by atomic mass is 32.2. The van der Waals surface area contributed by atoms with Crippen molar-refractivity contribution in [2.75, 3.05) is 44.3 Å². The molecule has 0 spiro atoms. The van der Waals surface area contributed by atoms with Crippen LogP contribution in [0.4, 0.5) is 0 Å². The number of aliphatic carboxylic acids is 1. The van der Waals surface area contributed by atoms with Gasteiger partial charge in [-0.05, 0) is 146 Å². The van der Waals surface area contributed by atoms with E-state index in [-0.39, 0.29) is 51.2 Å². The van der Waals surface area contributed by atoms with E-state index in [9.17, 15) is 23.1 Å². The molecule has 10 atom stereocenters. The molecule has 1 aromatic heterocycles. The summed E-state index contributed by atoms with van der Waals surface area (Å²) in [5.74, 6) is 2.80. The summed E-state index contributed by atoms with van der Waals surface area (Å²) in [5, 5.41) is 16.5. The van der Waals surface area contributed by atoms with Gasteiger partial charge in [0.2, 0.25) is 5.88 Å². The third-order valence-corrected chi connectivity index (χ3v) is 20.8. The fourth-order valence-corrected chi connectivity index (χ4v) is 17.0. The number of carbonyl (C=O) groups excluding carboxylic acids is 1. The van der Waals surface area contributed by atoms with Crippen LogP contribution in [-0.4, -0.2) is 85.7 Å². The standard InChI is InChI=1S/C47H69N3O7S2/c1-31(2)33-12-19-47(48-22-23-50-24-26-59(54,55)27-25-50)21-20-44(6)35(39(33)47)8-9-37-43(5)15-13-34(42(3,4)36(43)14-16-45(37,44)7)32-10-17-46(18-11-32,40(52)53)29-56-41-49-38(28-58-41)57-30-51/h10,13,28,30,33,35-37,39,48H,1,8-9,11-12,14-27,29H2,2-7H3,(H,52,53)/t33-,35+,36-,37+,39+,43-,44+,45+,46?,47-/m0/s1. The monoisotopic (exact) mass is 851 g/mol. The van der Waals surface area contributed by atoms with Gasteiger partial charge in [-0.25, -0.2) is 8.42 Å². The summed E-state index contributed by atoms with van der Waals surface area (Å²) in [6.07, 6.45) is 17.3. The minimum absolute atomic E-state index is 0.0152. The van der Waals surface area contributed by atoms with Crippen LogP contribution < -0.4 is 14.8 Å². The summed E-state index contributed by atoms with van der Waals surface area (Å²) in [6.45, 7) is 23.3. The molecule has 0 radical (unpaired) electrons. The molecule has 2 N–H and O–H groups in total. The Bertz CT molecular complexity index is 2000. The lowest BCUT2D eigenvalue weighted by atomic mass is 9.33. The molecule has 6 aliphatic carbocycles. The van der Waals surface area contributed by atoms with Crippen molar-refractivity contribution >= 4 is 33.6 Å². The Morgan fingerprint density at radius 3 is 2.44 bits per heavy atom. The highest BCUT2D eigenvalue weighted by Gasteiger charge is 2.70. The Morgan fingerprint density at radius 2 is 1.76 bits per heavy atom. The van der Waals surface area contributed by atoms with Crippen molar-refractivity contribution in [3.05, 3.63) is 40.8 Å². The number of ether oxygens (including phenoxy) is 2. The highest BCUT2D eigenvalue weighted by Crippen LogP contribution is 2.76. The van der Waals surface area contributed by atoms with Crippen LogP contribution in [0.5, 0.6) is 11.1 Å². The van der Waals surface area contributed by atoms with Gasteiger partial charge in [-0.3, -0.25) is 9.59 Å². The first-order valence-corrected chi connectivity index (χ1v) is 25.2. The molecular formula is C47H69N3O7S2. The molecule has 12 heteroatoms. The number of carboxylic acids is 1. The van der Waals surface area contributed by atoms with Crippen molar-refractivity contribution in [3.8, 4) is 11.1 Å². The Kier molecular flexibility index (Phi) is 11.2. The lowest BCUT2D eigenvalue weighted by Gasteiger charge is -2.72. The Balaban J connectivity index is 0.997. The SMILES string of the molecule is C=C(C)[C@@H]1CC[C@]2(NCCN3CCS(=O)(=O)CC3)CC[C@]3(C)[C@H](CC[C@@H]4[C@@]5(C)CC=C(C6=CCC(COc7nc(OC=O)cs7)(C(=O)O)CC6)C(C)(C)[C@@H]5CC[C@]43C)[C@@H]12. The summed E-state index contributed by atoms with van der Waals surface area (Å²) >= 11 is 1.19. The van der Waals surface area contributed by atoms with Gasteiger partial charge in [-0.1, -0.05) is 70.3 Å². The number of nitrogens with one attached hydrogen (secondary N) is 1. The number of thiazole rings is 1. The van der Waals surface area contributed by atoms with Gasteiger partial charge in [0, 0.05) is 31.7 Å². The van der Waals surface area contributed by atoms with E-state index in [1.54, 1.807) is 5.38 Å². The first kappa shape index (κ1) is 43.1. The van der Waals surface area contributed by atoms with E-state index in [1.807, 2.05) is 0 Å². The first-order valence-electron chi connectivity index (χ1n) is 22.5. The molecule has 1 saturated heterocycles. The summed E-state index contributed by atoms with van der Waals surface area (Å²) in [7, 11) is -2.88. The van der Waals surface area contributed by atoms with Gasteiger partial charge in [0.05, 0.1) is 16.9 Å². The van der Waals surface area contributed by atoms with Crippen molar-refractivity contribution in [1.29, 1.82) is 0 Å². The molecule has 8 rings (SSSR count). The zero-order chi connectivity index (χ0) is 42.2. The van der Waals surface area contributed by atoms with E-state index in [1.165, 1.54) is 79.4 Å². The fraction of sp³-hybridized carbons (Fsp3) is 0.766. The van der Waals surface area contributed by atoms with Crippen molar-refractivity contribution in [1.82, 2.24) is 15.2 Å². The smallest absolute Gasteiger partial charge is 0.313 e. The molecule has 2 heterocycles. The number of sulfone groups is 1. The van der Waals surface area contributed by atoms with Crippen LogP contribution in [0.15, 0.2) is 40.8 Å². The predicted molar refractivity (Wildman–Crippen MR) is 232 cm³/mol. The molecular weight excluding hydrogens is 783 g/mol. The number of hydrogen-bond donors (Lipinski definition) is 2. The Morgan fingerprint density at radius 1 is 1.00 bits per heavy atom. The summed E-state index contributed by atoms with van der Waals surface area (Å²) in [5.41, 5.74) is 3.79. The normalized spacial score (nSPS) is 41.2. The maximum Gasteiger partial charge on any atom is 0.313 e. The van der Waals surface area contributed by atoms with Crippen LogP contribution in [-0.2, 0) is 19.4 Å². The van der Waals surface area contributed by atoms with Crippen molar-refractivity contribution < 1.29 is 32.6 Å². The Labute approximate surface area is 357 Å². The van der Waals surface area contributed by atoms with Gasteiger partial charge in [0.25, 0.3) is 11.7 Å². The molecule has 1 aliphatic heterocycles. The number of carbonyl (C=O) groups is 2. The number of allylic oxidation sites excluding steroid dienone is 5. The molecule has 59 heavy (non-hydrogen) atoms. The van der Waals surface area contributed by atoms with Crippen molar-refractivity contribution in [2.24, 2.45) is 56.7 Å². The second-order valence-corrected chi connectivity index (χ2v) is 24.4. The molecule has 10 nitrogen and oxygen atoms in total. The average molecular weight is 852 g/mol. The molecule has 0 aromatic carbocycles. The van der Waals surface area contributed by atoms with Crippen LogP contribution >= 0.6 is 11.3 Å². The number of fused-ring (bicyclic) bond motifs is 7. The van der Waals surface area contributed by atoms with Gasteiger partial charge in [-0.15, -0.1) is 0 Å². The van der Waals surface area contributed by atoms with E-state index < -0.39 is 21.2 Å². The second-order valence-electron chi connectivity index (χ2n) is 21.3. The van der Waals surface area contributed by atoms with Gasteiger partial charge in [-0.2, -0.15) is 4.98 Å². The maximum absolute atomic E-state index is 12.8. The Hall–Kier alpha value is -2.54. The van der Waals surface area contributed by atoms with E-state index >= 15 is 0 Å². The summed E-state index contributed by atoms with van der Waals surface area (Å²) < 4.78 is 34.9. The summed E-state index contributed by atoms with van der Waals surface area (Å²) in [6, 6.07) is 0. The molecule has 7 aliphatic rings. The van der Waals surface area contributed by atoms with Crippen molar-refractivity contribution in [3.63, 3.8) is 0 Å². The average Bonchev–Trinajstić information content (AvgIpc) is 3.80. The number of rotatable bonds is 12. The summed E-state index contributed by atoms with van der Waals surface area (Å²) in [4.78, 5) is 30.0.